The van der Waals surface area contributed by atoms with Crippen molar-refractivity contribution in [2.24, 2.45) is 11.8 Å². The van der Waals surface area contributed by atoms with Crippen LogP contribution in [0.2, 0.25) is 5.02 Å². The van der Waals surface area contributed by atoms with Gasteiger partial charge in [0, 0.05) is 11.6 Å². The zero-order valence-electron chi connectivity index (χ0n) is 11.1. The first-order chi connectivity index (χ1) is 9.61. The van der Waals surface area contributed by atoms with Crippen molar-refractivity contribution in [3.8, 4) is 6.07 Å². The first-order valence-corrected chi connectivity index (χ1v) is 7.11. The summed E-state index contributed by atoms with van der Waals surface area (Å²) in [5.74, 6) is -0.714. The van der Waals surface area contributed by atoms with Crippen molar-refractivity contribution in [3.05, 3.63) is 34.3 Å². The number of rotatable bonds is 5. The molecule has 106 valence electrons. The SMILES string of the molecule is N#Cc1ccc(CNCC2CCCC2C(=O)O)c(Cl)c1. The molecule has 0 amide bonds. The molecular formula is C15H17ClN2O2. The van der Waals surface area contributed by atoms with Gasteiger partial charge in [0.05, 0.1) is 17.6 Å². The van der Waals surface area contributed by atoms with E-state index in [1.54, 1.807) is 12.1 Å². The molecule has 0 heterocycles. The third-order valence-electron chi connectivity index (χ3n) is 3.88. The topological polar surface area (TPSA) is 73.1 Å². The van der Waals surface area contributed by atoms with Crippen LogP contribution >= 0.6 is 11.6 Å². The normalized spacial score (nSPS) is 21.6. The number of carboxylic acid groups (broad SMARTS) is 1. The summed E-state index contributed by atoms with van der Waals surface area (Å²) in [5.41, 5.74) is 1.47. The Labute approximate surface area is 123 Å². The zero-order chi connectivity index (χ0) is 14.5. The third kappa shape index (κ3) is 3.50. The fourth-order valence-electron chi connectivity index (χ4n) is 2.76. The highest BCUT2D eigenvalue weighted by Gasteiger charge is 2.32. The molecule has 20 heavy (non-hydrogen) atoms. The molecule has 0 aliphatic heterocycles. The van der Waals surface area contributed by atoms with Crippen molar-refractivity contribution in [2.75, 3.05) is 6.54 Å². The maximum absolute atomic E-state index is 11.1. The van der Waals surface area contributed by atoms with Crippen molar-refractivity contribution < 1.29 is 9.90 Å². The van der Waals surface area contributed by atoms with E-state index in [0.29, 0.717) is 23.7 Å². The summed E-state index contributed by atoms with van der Waals surface area (Å²) in [6.45, 7) is 1.28. The second-order valence-electron chi connectivity index (χ2n) is 5.18. The van der Waals surface area contributed by atoms with Crippen LogP contribution in [-0.4, -0.2) is 17.6 Å². The monoisotopic (exact) mass is 292 g/mol. The van der Waals surface area contributed by atoms with Gasteiger partial charge in [0.25, 0.3) is 0 Å². The van der Waals surface area contributed by atoms with Gasteiger partial charge < -0.3 is 10.4 Å². The van der Waals surface area contributed by atoms with Gasteiger partial charge in [0.15, 0.2) is 0 Å². The first-order valence-electron chi connectivity index (χ1n) is 6.74. The lowest BCUT2D eigenvalue weighted by molar-refractivity contribution is -0.142. The number of hydrogen-bond donors (Lipinski definition) is 2. The largest absolute Gasteiger partial charge is 0.481 e. The lowest BCUT2D eigenvalue weighted by Gasteiger charge is -2.16. The summed E-state index contributed by atoms with van der Waals surface area (Å²) < 4.78 is 0. The average molecular weight is 293 g/mol. The fraction of sp³-hybridized carbons (Fsp3) is 0.467. The maximum Gasteiger partial charge on any atom is 0.306 e. The highest BCUT2D eigenvalue weighted by Crippen LogP contribution is 2.31. The molecule has 2 unspecified atom stereocenters. The van der Waals surface area contributed by atoms with Gasteiger partial charge in [-0.2, -0.15) is 5.26 Å². The lowest BCUT2D eigenvalue weighted by atomic mass is 9.96. The summed E-state index contributed by atoms with van der Waals surface area (Å²) in [7, 11) is 0. The van der Waals surface area contributed by atoms with E-state index >= 15 is 0 Å². The molecule has 2 N–H and O–H groups in total. The minimum absolute atomic E-state index is 0.199. The molecule has 1 saturated carbocycles. The molecule has 1 aliphatic rings. The summed E-state index contributed by atoms with van der Waals surface area (Å²) >= 11 is 6.10. The van der Waals surface area contributed by atoms with Crippen molar-refractivity contribution in [2.45, 2.75) is 25.8 Å². The number of benzene rings is 1. The Morgan fingerprint density at radius 1 is 1.50 bits per heavy atom. The van der Waals surface area contributed by atoms with Crippen LogP contribution < -0.4 is 5.32 Å². The van der Waals surface area contributed by atoms with Gasteiger partial charge >= 0.3 is 5.97 Å². The van der Waals surface area contributed by atoms with Gasteiger partial charge in [0.1, 0.15) is 0 Å². The summed E-state index contributed by atoms with van der Waals surface area (Å²) in [6, 6.07) is 7.26. The fourth-order valence-corrected chi connectivity index (χ4v) is 3.01. The van der Waals surface area contributed by atoms with Gasteiger partial charge in [-0.15, -0.1) is 0 Å². The molecule has 2 rings (SSSR count). The second-order valence-corrected chi connectivity index (χ2v) is 5.59. The third-order valence-corrected chi connectivity index (χ3v) is 4.23. The Hall–Kier alpha value is -1.57. The molecule has 1 fully saturated rings. The standard InChI is InChI=1S/C15H17ClN2O2/c16-14-6-10(7-17)4-5-12(14)9-18-8-11-2-1-3-13(11)15(19)20/h4-6,11,13,18H,1-3,8-9H2,(H,19,20). The smallest absolute Gasteiger partial charge is 0.306 e. The van der Waals surface area contributed by atoms with Crippen LogP contribution in [0.25, 0.3) is 0 Å². The number of carboxylic acids is 1. The molecule has 1 aliphatic carbocycles. The predicted octanol–water partition coefficient (Wildman–Crippen LogP) is 2.80. The van der Waals surface area contributed by atoms with E-state index < -0.39 is 5.97 Å². The Bertz CT molecular complexity index is 539. The molecule has 0 bridgehead atoms. The molecule has 0 aromatic heterocycles. The molecule has 0 saturated heterocycles. The number of nitrogens with one attached hydrogen (secondary N) is 1. The number of nitriles is 1. The number of aliphatic carboxylic acids is 1. The van der Waals surface area contributed by atoms with Crippen LogP contribution in [0.4, 0.5) is 0 Å². The molecule has 1 aromatic rings. The Balaban J connectivity index is 1.87. The minimum atomic E-state index is -0.689. The highest BCUT2D eigenvalue weighted by atomic mass is 35.5. The van der Waals surface area contributed by atoms with Crippen LogP contribution in [0.1, 0.15) is 30.4 Å². The van der Waals surface area contributed by atoms with Crippen LogP contribution in [0, 0.1) is 23.2 Å². The van der Waals surface area contributed by atoms with Gasteiger partial charge in [-0.25, -0.2) is 0 Å². The van der Waals surface area contributed by atoms with Crippen molar-refractivity contribution >= 4 is 17.6 Å². The highest BCUT2D eigenvalue weighted by molar-refractivity contribution is 6.31. The summed E-state index contributed by atoms with van der Waals surface area (Å²) in [4.78, 5) is 11.1. The molecular weight excluding hydrogens is 276 g/mol. The molecule has 1 aromatic carbocycles. The number of halogens is 1. The van der Waals surface area contributed by atoms with Gasteiger partial charge in [0.2, 0.25) is 0 Å². The van der Waals surface area contributed by atoms with Crippen molar-refractivity contribution in [3.63, 3.8) is 0 Å². The van der Waals surface area contributed by atoms with E-state index in [0.717, 1.165) is 24.8 Å². The first kappa shape index (κ1) is 14.8. The van der Waals surface area contributed by atoms with E-state index in [1.165, 1.54) is 0 Å². The molecule has 0 spiro atoms. The lowest BCUT2D eigenvalue weighted by Crippen LogP contribution is -2.28. The van der Waals surface area contributed by atoms with Crippen LogP contribution in [-0.2, 0) is 11.3 Å². The Kier molecular flexibility index (Phi) is 4.99. The number of nitrogens with zero attached hydrogens (tertiary/aromatic N) is 1. The Morgan fingerprint density at radius 2 is 2.30 bits per heavy atom. The van der Waals surface area contributed by atoms with Gasteiger partial charge in [-0.1, -0.05) is 24.1 Å². The minimum Gasteiger partial charge on any atom is -0.481 e. The average Bonchev–Trinajstić information content (AvgIpc) is 2.89. The van der Waals surface area contributed by atoms with Gasteiger partial charge in [-0.3, -0.25) is 4.79 Å². The molecule has 2 atom stereocenters. The zero-order valence-corrected chi connectivity index (χ0v) is 11.9. The van der Waals surface area contributed by atoms with Crippen molar-refractivity contribution in [1.82, 2.24) is 5.32 Å². The second kappa shape index (κ2) is 6.74. The van der Waals surface area contributed by atoms with E-state index in [4.69, 9.17) is 22.0 Å². The number of carbonyl (C=O) groups is 1. The quantitative estimate of drug-likeness (QED) is 0.875. The van der Waals surface area contributed by atoms with Crippen LogP contribution in [0.5, 0.6) is 0 Å². The van der Waals surface area contributed by atoms with Gasteiger partial charge in [-0.05, 0) is 43.0 Å². The molecule has 5 heteroatoms. The molecule has 4 nitrogen and oxygen atoms in total. The van der Waals surface area contributed by atoms with E-state index in [2.05, 4.69) is 5.32 Å². The summed E-state index contributed by atoms with van der Waals surface area (Å²) in [6.07, 6.45) is 2.73. The van der Waals surface area contributed by atoms with Crippen LogP contribution in [0.3, 0.4) is 0 Å². The summed E-state index contributed by atoms with van der Waals surface area (Å²) in [5, 5.41) is 21.7. The predicted molar refractivity (Wildman–Crippen MR) is 76.3 cm³/mol. The van der Waals surface area contributed by atoms with E-state index in [-0.39, 0.29) is 11.8 Å². The van der Waals surface area contributed by atoms with Crippen LogP contribution in [0.15, 0.2) is 18.2 Å². The maximum atomic E-state index is 11.1. The van der Waals surface area contributed by atoms with E-state index in [9.17, 15) is 4.79 Å². The molecule has 0 radical (unpaired) electrons. The number of hydrogen-bond acceptors (Lipinski definition) is 3. The van der Waals surface area contributed by atoms with Crippen molar-refractivity contribution in [1.29, 1.82) is 5.26 Å². The Morgan fingerprint density at radius 3 is 2.95 bits per heavy atom. The van der Waals surface area contributed by atoms with E-state index in [1.807, 2.05) is 12.1 Å².